The van der Waals surface area contributed by atoms with Gasteiger partial charge in [-0.05, 0) is 6.92 Å². The van der Waals surface area contributed by atoms with Gasteiger partial charge in [-0.2, -0.15) is 0 Å². The van der Waals surface area contributed by atoms with E-state index >= 15 is 0 Å². The number of fused-ring (bicyclic) bond motifs is 1. The van der Waals surface area contributed by atoms with Crippen molar-refractivity contribution in [2.45, 2.75) is 22.7 Å². The van der Waals surface area contributed by atoms with Crippen LogP contribution in [0.15, 0.2) is 20.4 Å². The summed E-state index contributed by atoms with van der Waals surface area (Å²) in [6.07, 6.45) is -0.688. The zero-order valence-corrected chi connectivity index (χ0v) is 22.7. The molecule has 14 nitrogen and oxygen atoms in total. The Balaban J connectivity index is 1.40. The Morgan fingerprint density at radius 1 is 1.38 bits per heavy atom. The van der Waals surface area contributed by atoms with E-state index in [4.69, 9.17) is 9.57 Å². The molecule has 2 saturated heterocycles. The maximum Gasteiger partial charge on any atom is 0.413 e. The zero-order valence-electron chi connectivity index (χ0n) is 19.4. The second kappa shape index (κ2) is 11.6. The van der Waals surface area contributed by atoms with E-state index in [-0.39, 0.29) is 41.2 Å². The van der Waals surface area contributed by atoms with Gasteiger partial charge in [-0.1, -0.05) is 28.3 Å². The largest absolute Gasteiger partial charge is 0.481 e. The smallest absolute Gasteiger partial charge is 0.413 e. The lowest BCUT2D eigenvalue weighted by molar-refractivity contribution is -0.157. The number of nitrogens with zero attached hydrogens (tertiary/aromatic N) is 5. The molecule has 2 aliphatic heterocycles. The van der Waals surface area contributed by atoms with Gasteiger partial charge in [0.15, 0.2) is 15.2 Å². The summed E-state index contributed by atoms with van der Waals surface area (Å²) in [7, 11) is 1.26. The standard InChI is InChI=1S/C19H21N7O7S4/c1-3-33-17(31)23-16-21-9(4-34-16)10(25-32-2)12(27)22-11-13(28)26-5-19(15(29)30,6-35-14(11)26)7-36-18-24-20-8-37-18/h4,8,11,14H,3,5-7H2,1-2H3,(H,22,27)(H,29,30)(H,21,23,31)/t11?,14-,19?/m1/s1. The van der Waals surface area contributed by atoms with Crippen molar-refractivity contribution in [2.75, 3.05) is 37.1 Å². The highest BCUT2D eigenvalue weighted by atomic mass is 32.2. The number of carboxylic acids is 1. The van der Waals surface area contributed by atoms with Gasteiger partial charge in [-0.25, -0.2) is 9.78 Å². The number of oxime groups is 1. The predicted octanol–water partition coefficient (Wildman–Crippen LogP) is 1.18. The number of thiazole rings is 1. The fraction of sp³-hybridized carbons (Fsp3) is 0.474. The number of carbonyl (C=O) groups excluding carboxylic acids is 3. The van der Waals surface area contributed by atoms with Gasteiger partial charge >= 0.3 is 12.1 Å². The van der Waals surface area contributed by atoms with E-state index in [1.807, 2.05) is 0 Å². The molecule has 2 aliphatic rings. The Morgan fingerprint density at radius 2 is 2.19 bits per heavy atom. The van der Waals surface area contributed by atoms with Crippen LogP contribution in [0.3, 0.4) is 0 Å². The van der Waals surface area contributed by atoms with Gasteiger partial charge < -0.3 is 24.9 Å². The summed E-state index contributed by atoms with van der Waals surface area (Å²) < 4.78 is 5.46. The summed E-state index contributed by atoms with van der Waals surface area (Å²) in [4.78, 5) is 60.1. The molecular formula is C19H21N7O7S4. The normalized spacial score (nSPS) is 23.0. The second-order valence-electron chi connectivity index (χ2n) is 7.70. The van der Waals surface area contributed by atoms with Gasteiger partial charge in [0.25, 0.3) is 5.91 Å². The molecule has 37 heavy (non-hydrogen) atoms. The number of aliphatic carboxylic acids is 1. The molecule has 198 valence electrons. The molecule has 4 heterocycles. The van der Waals surface area contributed by atoms with Crippen LogP contribution in [-0.2, 0) is 24.0 Å². The minimum atomic E-state index is -1.16. The number of carbonyl (C=O) groups is 4. The topological polar surface area (TPSA) is 185 Å². The molecule has 0 spiro atoms. The van der Waals surface area contributed by atoms with Crippen LogP contribution in [-0.4, -0.2) is 98.0 Å². The molecule has 0 radical (unpaired) electrons. The highest BCUT2D eigenvalue weighted by Crippen LogP contribution is 2.44. The lowest BCUT2D eigenvalue weighted by Gasteiger charge is -2.53. The number of β-lactam (4-membered cyclic amide) rings is 1. The number of amides is 3. The number of thioether (sulfide) groups is 2. The van der Waals surface area contributed by atoms with E-state index in [2.05, 4.69) is 31.0 Å². The van der Waals surface area contributed by atoms with Crippen LogP contribution in [0.5, 0.6) is 0 Å². The van der Waals surface area contributed by atoms with E-state index in [0.717, 1.165) is 11.3 Å². The molecule has 0 saturated carbocycles. The van der Waals surface area contributed by atoms with Crippen molar-refractivity contribution in [3.8, 4) is 0 Å². The summed E-state index contributed by atoms with van der Waals surface area (Å²) in [5.74, 6) is -1.61. The summed E-state index contributed by atoms with van der Waals surface area (Å²) in [5, 5.41) is 27.7. The van der Waals surface area contributed by atoms with E-state index in [1.165, 1.54) is 52.3 Å². The average molecular weight is 588 g/mol. The molecule has 0 aromatic carbocycles. The molecule has 2 aromatic rings. The Labute approximate surface area is 226 Å². The third-order valence-corrected chi connectivity index (χ3v) is 9.82. The molecule has 3 amide bonds. The van der Waals surface area contributed by atoms with E-state index in [9.17, 15) is 24.3 Å². The van der Waals surface area contributed by atoms with Crippen LogP contribution < -0.4 is 10.6 Å². The Kier molecular flexibility index (Phi) is 8.50. The van der Waals surface area contributed by atoms with Gasteiger partial charge in [-0.3, -0.25) is 19.7 Å². The van der Waals surface area contributed by atoms with Crippen molar-refractivity contribution < 1.29 is 33.9 Å². The van der Waals surface area contributed by atoms with Gasteiger partial charge in [0, 0.05) is 23.4 Å². The summed E-state index contributed by atoms with van der Waals surface area (Å²) in [6.45, 7) is 1.87. The summed E-state index contributed by atoms with van der Waals surface area (Å²) >= 11 is 4.95. The third-order valence-electron chi connectivity index (χ3n) is 5.33. The first-order valence-corrected chi connectivity index (χ1v) is 14.4. The van der Waals surface area contributed by atoms with Crippen molar-refractivity contribution in [3.05, 3.63) is 16.6 Å². The number of hydrogen-bond donors (Lipinski definition) is 3. The van der Waals surface area contributed by atoms with Crippen molar-refractivity contribution in [1.29, 1.82) is 0 Å². The number of nitrogens with one attached hydrogen (secondary N) is 2. The van der Waals surface area contributed by atoms with Crippen LogP contribution in [0.2, 0.25) is 0 Å². The van der Waals surface area contributed by atoms with Crippen LogP contribution in [0, 0.1) is 5.41 Å². The first kappa shape index (κ1) is 27.1. The Bertz CT molecular complexity index is 1210. The van der Waals surface area contributed by atoms with Gasteiger partial charge in [0.05, 0.1) is 6.61 Å². The number of aromatic nitrogens is 3. The summed E-state index contributed by atoms with van der Waals surface area (Å²) in [6, 6.07) is -0.863. The molecule has 0 aliphatic carbocycles. The van der Waals surface area contributed by atoms with E-state index < -0.39 is 40.7 Å². The maximum atomic E-state index is 13.0. The highest BCUT2D eigenvalue weighted by Gasteiger charge is 2.57. The number of hydrogen-bond acceptors (Lipinski definition) is 14. The van der Waals surface area contributed by atoms with Gasteiger partial charge in [-0.15, -0.1) is 33.3 Å². The SMILES string of the molecule is CCOC(=O)Nc1nc(C(=NOC)C(=O)NC2C(=O)N3CC(CSc4nncs4)(C(=O)O)CS[C@H]23)cs1. The number of ether oxygens (including phenoxy) is 1. The minimum Gasteiger partial charge on any atom is -0.481 e. The molecule has 18 heteroatoms. The lowest BCUT2D eigenvalue weighted by atomic mass is 9.89. The van der Waals surface area contributed by atoms with Crippen LogP contribution in [0.1, 0.15) is 12.6 Å². The van der Waals surface area contributed by atoms with E-state index in [0.29, 0.717) is 4.34 Å². The molecule has 3 atom stereocenters. The first-order chi connectivity index (χ1) is 17.8. The number of carboxylic acid groups (broad SMARTS) is 1. The Morgan fingerprint density at radius 3 is 2.86 bits per heavy atom. The molecule has 3 N–H and O–H groups in total. The maximum absolute atomic E-state index is 13.0. The van der Waals surface area contributed by atoms with Crippen LogP contribution in [0.4, 0.5) is 9.93 Å². The molecular weight excluding hydrogens is 567 g/mol. The zero-order chi connectivity index (χ0) is 26.6. The molecule has 2 unspecified atom stereocenters. The lowest BCUT2D eigenvalue weighted by Crippen LogP contribution is -2.74. The van der Waals surface area contributed by atoms with Gasteiger partial charge in [0.1, 0.15) is 35.1 Å². The second-order valence-corrected chi connectivity index (χ2v) is 11.7. The monoisotopic (exact) mass is 587 g/mol. The van der Waals surface area contributed by atoms with Crippen molar-refractivity contribution >= 4 is 80.9 Å². The quantitative estimate of drug-likeness (QED) is 0.156. The molecule has 0 bridgehead atoms. The fourth-order valence-corrected chi connectivity index (χ4v) is 7.56. The van der Waals surface area contributed by atoms with Crippen LogP contribution in [0.25, 0.3) is 0 Å². The van der Waals surface area contributed by atoms with Crippen molar-refractivity contribution in [2.24, 2.45) is 10.6 Å². The van der Waals surface area contributed by atoms with Gasteiger partial charge in [0.2, 0.25) is 5.91 Å². The Hall–Kier alpha value is -2.96. The number of anilines is 1. The fourth-order valence-electron chi connectivity index (χ4n) is 3.53. The molecule has 2 fully saturated rings. The predicted molar refractivity (Wildman–Crippen MR) is 137 cm³/mol. The third kappa shape index (κ3) is 5.81. The number of rotatable bonds is 10. The molecule has 4 rings (SSSR count). The van der Waals surface area contributed by atoms with Crippen molar-refractivity contribution in [1.82, 2.24) is 25.4 Å². The highest BCUT2D eigenvalue weighted by molar-refractivity contribution is 8.01. The first-order valence-electron chi connectivity index (χ1n) is 10.6. The average Bonchev–Trinajstić information content (AvgIpc) is 3.56. The minimum absolute atomic E-state index is 0.0188. The molecule has 2 aromatic heterocycles. The van der Waals surface area contributed by atoms with Crippen LogP contribution >= 0.6 is 46.2 Å². The van der Waals surface area contributed by atoms with E-state index in [1.54, 1.807) is 12.4 Å². The van der Waals surface area contributed by atoms with Crippen molar-refractivity contribution in [3.63, 3.8) is 0 Å². The summed E-state index contributed by atoms with van der Waals surface area (Å²) in [5.41, 5.74) is 0.358.